The summed E-state index contributed by atoms with van der Waals surface area (Å²) in [6, 6.07) is 9.03. The summed E-state index contributed by atoms with van der Waals surface area (Å²) >= 11 is 0. The molecule has 3 rings (SSSR count). The molecule has 0 spiro atoms. The first-order chi connectivity index (χ1) is 12.1. The predicted octanol–water partition coefficient (Wildman–Crippen LogP) is 2.48. The molecule has 0 radical (unpaired) electrons. The minimum Gasteiger partial charge on any atom is -0.467 e. The number of amides is 1. The Morgan fingerprint density at radius 2 is 2.00 bits per heavy atom. The van der Waals surface area contributed by atoms with E-state index in [-0.39, 0.29) is 17.5 Å². The Kier molecular flexibility index (Phi) is 5.07. The minimum atomic E-state index is -1.03. The number of aromatic nitrogens is 2. The van der Waals surface area contributed by atoms with Gasteiger partial charge < -0.3 is 10.1 Å². The number of nitrogens with one attached hydrogen (secondary N) is 1. The van der Waals surface area contributed by atoms with Gasteiger partial charge in [0.05, 0.1) is 7.11 Å². The summed E-state index contributed by atoms with van der Waals surface area (Å²) in [6.45, 7) is 0. The fourth-order valence-corrected chi connectivity index (χ4v) is 3.52. The first-order valence-corrected chi connectivity index (χ1v) is 8.36. The van der Waals surface area contributed by atoms with Gasteiger partial charge in [-0.2, -0.15) is 0 Å². The second-order valence-electron chi connectivity index (χ2n) is 6.32. The zero-order valence-corrected chi connectivity index (χ0v) is 14.1. The average Bonchev–Trinajstić information content (AvgIpc) is 2.68. The first-order valence-electron chi connectivity index (χ1n) is 8.36. The topological polar surface area (TPSA) is 81.2 Å². The van der Waals surface area contributed by atoms with Crippen molar-refractivity contribution in [2.24, 2.45) is 0 Å². The van der Waals surface area contributed by atoms with Crippen LogP contribution in [0.4, 0.5) is 0 Å². The van der Waals surface area contributed by atoms with Crippen LogP contribution < -0.4 is 5.32 Å². The molecule has 0 saturated heterocycles. The van der Waals surface area contributed by atoms with Gasteiger partial charge >= 0.3 is 5.97 Å². The Morgan fingerprint density at radius 1 is 1.20 bits per heavy atom. The Morgan fingerprint density at radius 3 is 2.68 bits per heavy atom. The van der Waals surface area contributed by atoms with Crippen molar-refractivity contribution in [1.82, 2.24) is 15.3 Å². The van der Waals surface area contributed by atoms with Gasteiger partial charge in [0.2, 0.25) is 0 Å². The Balaban J connectivity index is 1.86. The van der Waals surface area contributed by atoms with Crippen molar-refractivity contribution in [2.75, 3.05) is 7.11 Å². The van der Waals surface area contributed by atoms with Gasteiger partial charge in [-0.1, -0.05) is 6.07 Å². The largest absolute Gasteiger partial charge is 0.467 e. The van der Waals surface area contributed by atoms with Crippen LogP contribution >= 0.6 is 0 Å². The lowest BCUT2D eigenvalue weighted by molar-refractivity contribution is -0.150. The summed E-state index contributed by atoms with van der Waals surface area (Å²) in [5.41, 5.74) is 0.377. The quantitative estimate of drug-likeness (QED) is 0.866. The molecule has 2 aromatic rings. The second kappa shape index (κ2) is 7.42. The van der Waals surface area contributed by atoms with E-state index in [4.69, 9.17) is 4.74 Å². The number of carbonyl (C=O) groups is 2. The Bertz CT molecular complexity index is 736. The monoisotopic (exact) mass is 339 g/mol. The molecule has 25 heavy (non-hydrogen) atoms. The van der Waals surface area contributed by atoms with E-state index in [2.05, 4.69) is 15.3 Å². The molecule has 6 nitrogen and oxygen atoms in total. The van der Waals surface area contributed by atoms with Crippen LogP contribution in [0.5, 0.6) is 0 Å². The smallest absolute Gasteiger partial charge is 0.331 e. The van der Waals surface area contributed by atoms with Gasteiger partial charge in [0.15, 0.2) is 0 Å². The van der Waals surface area contributed by atoms with E-state index in [1.165, 1.54) is 7.11 Å². The molecule has 2 heterocycles. The first kappa shape index (κ1) is 17.1. The van der Waals surface area contributed by atoms with Gasteiger partial charge in [-0.05, 0) is 61.4 Å². The lowest BCUT2D eigenvalue weighted by Gasteiger charge is -2.39. The molecule has 2 aromatic heterocycles. The molecular weight excluding hydrogens is 318 g/mol. The van der Waals surface area contributed by atoms with Crippen LogP contribution in [0.2, 0.25) is 0 Å². The molecule has 1 N–H and O–H groups in total. The standard InChI is InChI=1S/C19H21N3O3/c1-25-18(24)19(22-17(23)16-6-2-3-10-21-16)9-4-5-15(13-19)14-7-11-20-12-8-14/h2-3,6-8,10-12,15H,4-5,9,13H2,1H3,(H,22,23)/t15-,19-/m0/s1. The zero-order valence-electron chi connectivity index (χ0n) is 14.1. The molecule has 1 fully saturated rings. The van der Waals surface area contributed by atoms with Crippen molar-refractivity contribution in [3.63, 3.8) is 0 Å². The molecule has 1 saturated carbocycles. The van der Waals surface area contributed by atoms with Gasteiger partial charge in [-0.15, -0.1) is 0 Å². The van der Waals surface area contributed by atoms with Crippen molar-refractivity contribution in [1.29, 1.82) is 0 Å². The SMILES string of the molecule is COC(=O)[C@]1(NC(=O)c2ccccn2)CCC[C@H](c2ccncc2)C1. The van der Waals surface area contributed by atoms with E-state index in [1.807, 2.05) is 12.1 Å². The van der Waals surface area contributed by atoms with Gasteiger partial charge in [0, 0.05) is 18.6 Å². The van der Waals surface area contributed by atoms with Crippen LogP contribution in [0.3, 0.4) is 0 Å². The normalized spacial score (nSPS) is 22.8. The van der Waals surface area contributed by atoms with Crippen molar-refractivity contribution < 1.29 is 14.3 Å². The zero-order chi connectivity index (χ0) is 17.7. The van der Waals surface area contributed by atoms with Crippen LogP contribution in [0, 0.1) is 0 Å². The fraction of sp³-hybridized carbons (Fsp3) is 0.368. The van der Waals surface area contributed by atoms with Crippen LogP contribution in [0.25, 0.3) is 0 Å². The van der Waals surface area contributed by atoms with Crippen molar-refractivity contribution in [3.05, 3.63) is 60.2 Å². The van der Waals surface area contributed by atoms with E-state index >= 15 is 0 Å². The average molecular weight is 339 g/mol. The number of carbonyl (C=O) groups excluding carboxylic acids is 2. The molecule has 1 aliphatic carbocycles. The highest BCUT2D eigenvalue weighted by Gasteiger charge is 2.45. The maximum absolute atomic E-state index is 12.6. The van der Waals surface area contributed by atoms with E-state index in [1.54, 1.807) is 36.8 Å². The molecule has 0 aromatic carbocycles. The third-order valence-electron chi connectivity index (χ3n) is 4.75. The van der Waals surface area contributed by atoms with Crippen LogP contribution in [0.1, 0.15) is 47.7 Å². The van der Waals surface area contributed by atoms with Gasteiger partial charge in [-0.3, -0.25) is 14.8 Å². The minimum absolute atomic E-state index is 0.167. The summed E-state index contributed by atoms with van der Waals surface area (Å²) in [6.07, 6.45) is 7.89. The highest BCUT2D eigenvalue weighted by Crippen LogP contribution is 2.39. The second-order valence-corrected chi connectivity index (χ2v) is 6.32. The highest BCUT2D eigenvalue weighted by molar-refractivity contribution is 5.96. The van der Waals surface area contributed by atoms with Crippen molar-refractivity contribution in [3.8, 4) is 0 Å². The van der Waals surface area contributed by atoms with Crippen LogP contribution in [-0.2, 0) is 9.53 Å². The van der Waals surface area contributed by atoms with Gasteiger partial charge in [0.25, 0.3) is 5.91 Å². The molecule has 6 heteroatoms. The van der Waals surface area contributed by atoms with Crippen LogP contribution in [-0.4, -0.2) is 34.5 Å². The maximum Gasteiger partial charge on any atom is 0.331 e. The summed E-state index contributed by atoms with van der Waals surface area (Å²) in [4.78, 5) is 33.3. The number of hydrogen-bond acceptors (Lipinski definition) is 5. The van der Waals surface area contributed by atoms with E-state index in [0.717, 1.165) is 18.4 Å². The number of ether oxygens (including phenoxy) is 1. The molecule has 0 unspecified atom stereocenters. The number of rotatable bonds is 4. The number of methoxy groups -OCH3 is 1. The Hall–Kier alpha value is -2.76. The van der Waals surface area contributed by atoms with Crippen molar-refractivity contribution >= 4 is 11.9 Å². The number of esters is 1. The maximum atomic E-state index is 12.6. The molecule has 0 bridgehead atoms. The van der Waals surface area contributed by atoms with E-state index in [0.29, 0.717) is 12.8 Å². The van der Waals surface area contributed by atoms with E-state index in [9.17, 15) is 9.59 Å². The third-order valence-corrected chi connectivity index (χ3v) is 4.75. The molecule has 130 valence electrons. The number of hydrogen-bond donors (Lipinski definition) is 1. The summed E-state index contributed by atoms with van der Waals surface area (Å²) in [5.74, 6) is -0.600. The van der Waals surface area contributed by atoms with Gasteiger partial charge in [-0.25, -0.2) is 4.79 Å². The molecule has 1 amide bonds. The Labute approximate surface area is 146 Å². The molecule has 0 aliphatic heterocycles. The lowest BCUT2D eigenvalue weighted by Crippen LogP contribution is -2.57. The summed E-state index contributed by atoms with van der Waals surface area (Å²) in [5, 5.41) is 2.91. The highest BCUT2D eigenvalue weighted by atomic mass is 16.5. The predicted molar refractivity (Wildman–Crippen MR) is 91.9 cm³/mol. The lowest BCUT2D eigenvalue weighted by atomic mass is 9.73. The summed E-state index contributed by atoms with van der Waals surface area (Å²) in [7, 11) is 1.35. The van der Waals surface area contributed by atoms with Crippen molar-refractivity contribution in [2.45, 2.75) is 37.1 Å². The van der Waals surface area contributed by atoms with Gasteiger partial charge in [0.1, 0.15) is 11.2 Å². The van der Waals surface area contributed by atoms with Crippen LogP contribution in [0.15, 0.2) is 48.9 Å². The van der Waals surface area contributed by atoms with E-state index < -0.39 is 11.5 Å². The fourth-order valence-electron chi connectivity index (χ4n) is 3.52. The molecule has 2 atom stereocenters. The number of pyridine rings is 2. The molecular formula is C19H21N3O3. The number of nitrogens with zero attached hydrogens (tertiary/aromatic N) is 2. The third kappa shape index (κ3) is 3.68. The summed E-state index contributed by atoms with van der Waals surface area (Å²) < 4.78 is 5.03. The molecule has 1 aliphatic rings.